The highest BCUT2D eigenvalue weighted by Gasteiger charge is 2.18. The van der Waals surface area contributed by atoms with Gasteiger partial charge in [-0.05, 0) is 29.9 Å². The van der Waals surface area contributed by atoms with Gasteiger partial charge in [0.05, 0.1) is 6.04 Å². The minimum Gasteiger partial charge on any atom is -0.361 e. The van der Waals surface area contributed by atoms with Crippen molar-refractivity contribution in [2.24, 2.45) is 11.7 Å². The molecular weight excluding hydrogens is 274 g/mol. The van der Waals surface area contributed by atoms with Crippen molar-refractivity contribution in [2.45, 2.75) is 46.1 Å². The van der Waals surface area contributed by atoms with E-state index in [1.807, 2.05) is 13.1 Å². The van der Waals surface area contributed by atoms with E-state index in [1.165, 1.54) is 22.0 Å². The molecule has 0 aliphatic rings. The molecule has 1 aromatic heterocycles. The molecular formula is C18H27N3O. The summed E-state index contributed by atoms with van der Waals surface area (Å²) in [5, 5.41) is 4.20. The first-order valence-electron chi connectivity index (χ1n) is 8.19. The number of hydrogen-bond donors (Lipinski definition) is 3. The smallest absolute Gasteiger partial charge is 0.237 e. The topological polar surface area (TPSA) is 70.9 Å². The van der Waals surface area contributed by atoms with Gasteiger partial charge in [-0.15, -0.1) is 0 Å². The molecule has 1 amide bonds. The fourth-order valence-electron chi connectivity index (χ4n) is 2.73. The molecule has 0 saturated heterocycles. The van der Waals surface area contributed by atoms with Gasteiger partial charge in [0.25, 0.3) is 0 Å². The minimum absolute atomic E-state index is 0.0524. The highest BCUT2D eigenvalue weighted by atomic mass is 16.2. The van der Waals surface area contributed by atoms with Crippen molar-refractivity contribution in [2.75, 3.05) is 6.54 Å². The molecule has 120 valence electrons. The summed E-state index contributed by atoms with van der Waals surface area (Å²) in [5.74, 6) is 0.156. The summed E-state index contributed by atoms with van der Waals surface area (Å²) >= 11 is 0. The van der Waals surface area contributed by atoms with Gasteiger partial charge >= 0.3 is 0 Å². The fraction of sp³-hybridized carbons (Fsp3) is 0.500. The van der Waals surface area contributed by atoms with Gasteiger partial charge in [-0.2, -0.15) is 0 Å². The Hall–Kier alpha value is -1.81. The van der Waals surface area contributed by atoms with Gasteiger partial charge < -0.3 is 16.0 Å². The first kappa shape index (κ1) is 16.6. The van der Waals surface area contributed by atoms with E-state index in [4.69, 9.17) is 5.73 Å². The molecule has 22 heavy (non-hydrogen) atoms. The summed E-state index contributed by atoms with van der Waals surface area (Å²) in [7, 11) is 0. The standard InChI is InChI=1S/C18H27N3O/c1-4-12(3)16(19)18(22)20-10-9-14-11-21-17-13(5-2)7-6-8-15(14)17/h6-8,11-12,16,21H,4-5,9-10,19H2,1-3H3,(H,20,22). The van der Waals surface area contributed by atoms with E-state index in [9.17, 15) is 4.79 Å². The summed E-state index contributed by atoms with van der Waals surface area (Å²) < 4.78 is 0. The number of hydrogen-bond acceptors (Lipinski definition) is 2. The summed E-state index contributed by atoms with van der Waals surface area (Å²) in [6.45, 7) is 6.84. The van der Waals surface area contributed by atoms with Crippen molar-refractivity contribution in [1.29, 1.82) is 0 Å². The highest BCUT2D eigenvalue weighted by Crippen LogP contribution is 2.22. The SMILES string of the molecule is CCc1cccc2c(CCNC(=O)C(N)C(C)CC)c[nH]c12. The van der Waals surface area contributed by atoms with Gasteiger partial charge in [-0.3, -0.25) is 4.79 Å². The Kier molecular flexibility index (Phi) is 5.61. The van der Waals surface area contributed by atoms with Crippen LogP contribution in [-0.2, 0) is 17.6 Å². The second-order valence-electron chi connectivity index (χ2n) is 5.96. The van der Waals surface area contributed by atoms with Crippen LogP contribution in [0.4, 0.5) is 0 Å². The Balaban J connectivity index is 1.97. The van der Waals surface area contributed by atoms with Crippen LogP contribution in [0.2, 0.25) is 0 Å². The van der Waals surface area contributed by atoms with E-state index >= 15 is 0 Å². The van der Waals surface area contributed by atoms with Crippen LogP contribution in [-0.4, -0.2) is 23.5 Å². The Bertz CT molecular complexity index is 632. The van der Waals surface area contributed by atoms with Crippen molar-refractivity contribution in [3.8, 4) is 0 Å². The Morgan fingerprint density at radius 3 is 2.77 bits per heavy atom. The molecule has 4 nitrogen and oxygen atoms in total. The second kappa shape index (κ2) is 7.45. The normalized spacial score (nSPS) is 14.0. The van der Waals surface area contributed by atoms with Gasteiger partial charge in [0, 0.05) is 23.6 Å². The maximum Gasteiger partial charge on any atom is 0.237 e. The predicted octanol–water partition coefficient (Wildman–Crippen LogP) is 2.76. The number of amides is 1. The second-order valence-corrected chi connectivity index (χ2v) is 5.96. The molecule has 0 radical (unpaired) electrons. The van der Waals surface area contributed by atoms with Crippen molar-refractivity contribution in [1.82, 2.24) is 10.3 Å². The summed E-state index contributed by atoms with van der Waals surface area (Å²) in [6, 6.07) is 5.96. The maximum atomic E-state index is 12.0. The number of nitrogens with two attached hydrogens (primary N) is 1. The van der Waals surface area contributed by atoms with Gasteiger partial charge in [0.1, 0.15) is 0 Å². The highest BCUT2D eigenvalue weighted by molar-refractivity contribution is 5.86. The molecule has 4 N–H and O–H groups in total. The van der Waals surface area contributed by atoms with E-state index in [0.29, 0.717) is 6.54 Å². The molecule has 1 aromatic carbocycles. The number of H-pyrrole nitrogens is 1. The fourth-order valence-corrected chi connectivity index (χ4v) is 2.73. The van der Waals surface area contributed by atoms with E-state index in [2.05, 4.69) is 42.3 Å². The molecule has 2 aromatic rings. The van der Waals surface area contributed by atoms with Gasteiger partial charge in [0.15, 0.2) is 0 Å². The number of aromatic nitrogens is 1. The summed E-state index contributed by atoms with van der Waals surface area (Å²) in [5.41, 5.74) is 9.72. The number of para-hydroxylation sites is 1. The van der Waals surface area contributed by atoms with Crippen molar-refractivity contribution >= 4 is 16.8 Å². The van der Waals surface area contributed by atoms with Gasteiger partial charge in [-0.1, -0.05) is 45.4 Å². The van der Waals surface area contributed by atoms with Crippen molar-refractivity contribution in [3.63, 3.8) is 0 Å². The van der Waals surface area contributed by atoms with E-state index in [0.717, 1.165) is 19.3 Å². The molecule has 2 rings (SSSR count). The Morgan fingerprint density at radius 2 is 2.09 bits per heavy atom. The molecule has 0 aliphatic heterocycles. The zero-order chi connectivity index (χ0) is 16.1. The molecule has 2 unspecified atom stereocenters. The lowest BCUT2D eigenvalue weighted by molar-refractivity contribution is -0.123. The first-order valence-corrected chi connectivity index (χ1v) is 8.19. The molecule has 4 heteroatoms. The number of carbonyl (C=O) groups excluding carboxylic acids is 1. The first-order chi connectivity index (χ1) is 10.6. The molecule has 2 atom stereocenters. The third-order valence-corrected chi connectivity index (χ3v) is 4.52. The average Bonchev–Trinajstić information content (AvgIpc) is 2.96. The maximum absolute atomic E-state index is 12.0. The zero-order valence-electron chi connectivity index (χ0n) is 13.8. The Morgan fingerprint density at radius 1 is 1.32 bits per heavy atom. The average molecular weight is 301 g/mol. The van der Waals surface area contributed by atoms with E-state index in [-0.39, 0.29) is 11.8 Å². The van der Waals surface area contributed by atoms with Crippen molar-refractivity contribution in [3.05, 3.63) is 35.5 Å². The zero-order valence-corrected chi connectivity index (χ0v) is 13.8. The predicted molar refractivity (Wildman–Crippen MR) is 91.8 cm³/mol. The number of benzene rings is 1. The van der Waals surface area contributed by atoms with Crippen LogP contribution in [0.1, 0.15) is 38.3 Å². The third-order valence-electron chi connectivity index (χ3n) is 4.52. The number of rotatable bonds is 7. The lowest BCUT2D eigenvalue weighted by Gasteiger charge is -2.17. The number of carbonyl (C=O) groups is 1. The summed E-state index contributed by atoms with van der Waals surface area (Å²) in [4.78, 5) is 15.4. The monoisotopic (exact) mass is 301 g/mol. The number of aromatic amines is 1. The lowest BCUT2D eigenvalue weighted by Crippen LogP contribution is -2.45. The number of nitrogens with one attached hydrogen (secondary N) is 2. The summed E-state index contributed by atoms with van der Waals surface area (Å²) in [6.07, 6.45) is 4.78. The molecule has 0 fully saturated rings. The quantitative estimate of drug-likeness (QED) is 0.736. The van der Waals surface area contributed by atoms with Crippen molar-refractivity contribution < 1.29 is 4.79 Å². The van der Waals surface area contributed by atoms with E-state index in [1.54, 1.807) is 0 Å². The van der Waals surface area contributed by atoms with Gasteiger partial charge in [-0.25, -0.2) is 0 Å². The molecule has 1 heterocycles. The molecule has 0 aliphatic carbocycles. The van der Waals surface area contributed by atoms with Crippen LogP contribution >= 0.6 is 0 Å². The minimum atomic E-state index is -0.417. The van der Waals surface area contributed by atoms with Crippen LogP contribution in [0.25, 0.3) is 10.9 Å². The molecule has 0 saturated carbocycles. The van der Waals surface area contributed by atoms with Crippen LogP contribution in [0.3, 0.4) is 0 Å². The van der Waals surface area contributed by atoms with Gasteiger partial charge in [0.2, 0.25) is 5.91 Å². The largest absolute Gasteiger partial charge is 0.361 e. The molecule has 0 bridgehead atoms. The van der Waals surface area contributed by atoms with E-state index < -0.39 is 6.04 Å². The number of aryl methyl sites for hydroxylation is 1. The lowest BCUT2D eigenvalue weighted by atomic mass is 9.99. The van der Waals surface area contributed by atoms with Crippen LogP contribution < -0.4 is 11.1 Å². The number of fused-ring (bicyclic) bond motifs is 1. The van der Waals surface area contributed by atoms with Crippen LogP contribution in [0.5, 0.6) is 0 Å². The Labute approximate surface area is 132 Å². The third kappa shape index (κ3) is 3.50. The van der Waals surface area contributed by atoms with Crippen LogP contribution in [0, 0.1) is 5.92 Å². The molecule has 0 spiro atoms. The van der Waals surface area contributed by atoms with Crippen LogP contribution in [0.15, 0.2) is 24.4 Å².